The summed E-state index contributed by atoms with van der Waals surface area (Å²) in [6, 6.07) is 0. The van der Waals surface area contributed by atoms with E-state index in [0.29, 0.717) is 0 Å². The van der Waals surface area contributed by atoms with Crippen LogP contribution in [0.3, 0.4) is 0 Å². The van der Waals surface area contributed by atoms with Crippen molar-refractivity contribution in [1.82, 2.24) is 10.2 Å². The molecule has 1 N–H and O–H groups in total. The minimum Gasteiger partial charge on any atom is -0.383 e. The molecular formula is C13H28N2OS. The number of piperidine rings is 1. The van der Waals surface area contributed by atoms with Crippen LogP contribution in [0.4, 0.5) is 0 Å². The van der Waals surface area contributed by atoms with Crippen molar-refractivity contribution in [2.24, 2.45) is 5.92 Å². The summed E-state index contributed by atoms with van der Waals surface area (Å²) in [5.41, 5.74) is 0. The highest BCUT2D eigenvalue weighted by Crippen LogP contribution is 2.16. The molecule has 0 aromatic carbocycles. The van der Waals surface area contributed by atoms with Gasteiger partial charge in [-0.3, -0.25) is 0 Å². The van der Waals surface area contributed by atoms with E-state index >= 15 is 0 Å². The molecule has 1 saturated heterocycles. The third-order valence-electron chi connectivity index (χ3n) is 3.28. The highest BCUT2D eigenvalue weighted by molar-refractivity contribution is 7.99. The standard InChI is InChI=1S/C13H28N2OS/c1-3-17-10-8-15-7-4-5-13(12-15)11-14-6-9-16-2/h13-14H,3-12H2,1-2H3. The highest BCUT2D eigenvalue weighted by atomic mass is 32.2. The molecule has 1 aliphatic heterocycles. The van der Waals surface area contributed by atoms with Crippen LogP contribution < -0.4 is 5.32 Å². The number of thioether (sulfide) groups is 1. The monoisotopic (exact) mass is 260 g/mol. The molecule has 17 heavy (non-hydrogen) atoms. The van der Waals surface area contributed by atoms with Crippen molar-refractivity contribution < 1.29 is 4.74 Å². The summed E-state index contributed by atoms with van der Waals surface area (Å²) in [7, 11) is 1.76. The number of nitrogens with zero attached hydrogens (tertiary/aromatic N) is 1. The Bertz CT molecular complexity index is 181. The van der Waals surface area contributed by atoms with Gasteiger partial charge in [-0.15, -0.1) is 0 Å². The fraction of sp³-hybridized carbons (Fsp3) is 1.00. The van der Waals surface area contributed by atoms with Gasteiger partial charge in [-0.2, -0.15) is 11.8 Å². The van der Waals surface area contributed by atoms with Crippen molar-refractivity contribution in [2.45, 2.75) is 19.8 Å². The maximum atomic E-state index is 5.04. The number of hydrogen-bond donors (Lipinski definition) is 1. The third-order valence-corrected chi connectivity index (χ3v) is 4.15. The van der Waals surface area contributed by atoms with Crippen molar-refractivity contribution in [3.8, 4) is 0 Å². The summed E-state index contributed by atoms with van der Waals surface area (Å²) in [5, 5.41) is 3.49. The second-order valence-corrected chi connectivity index (χ2v) is 6.10. The van der Waals surface area contributed by atoms with Crippen LogP contribution in [0, 0.1) is 5.92 Å². The number of hydrogen-bond acceptors (Lipinski definition) is 4. The average Bonchev–Trinajstić information content (AvgIpc) is 2.36. The number of methoxy groups -OCH3 is 1. The molecule has 4 heteroatoms. The molecule has 1 fully saturated rings. The normalized spacial score (nSPS) is 21.9. The molecule has 0 aromatic heterocycles. The minimum atomic E-state index is 0.823. The van der Waals surface area contributed by atoms with Crippen LogP contribution in [0.5, 0.6) is 0 Å². The van der Waals surface area contributed by atoms with Crippen LogP contribution in [0.15, 0.2) is 0 Å². The molecule has 102 valence electrons. The third kappa shape index (κ3) is 7.29. The van der Waals surface area contributed by atoms with Gasteiger partial charge in [0.15, 0.2) is 0 Å². The summed E-state index contributed by atoms with van der Waals surface area (Å²) in [5.74, 6) is 3.38. The van der Waals surface area contributed by atoms with Crippen LogP contribution in [0.25, 0.3) is 0 Å². The lowest BCUT2D eigenvalue weighted by Gasteiger charge is -2.32. The molecule has 0 spiro atoms. The van der Waals surface area contributed by atoms with Gasteiger partial charge in [0, 0.05) is 32.5 Å². The number of rotatable bonds is 9. The fourth-order valence-corrected chi connectivity index (χ4v) is 3.02. The number of ether oxygens (including phenoxy) is 1. The Labute approximate surface area is 111 Å². The molecule has 0 saturated carbocycles. The van der Waals surface area contributed by atoms with E-state index in [-0.39, 0.29) is 0 Å². The van der Waals surface area contributed by atoms with E-state index < -0.39 is 0 Å². The Morgan fingerprint density at radius 3 is 3.12 bits per heavy atom. The van der Waals surface area contributed by atoms with E-state index in [4.69, 9.17) is 4.74 Å². The smallest absolute Gasteiger partial charge is 0.0587 e. The van der Waals surface area contributed by atoms with Gasteiger partial charge in [-0.1, -0.05) is 6.92 Å². The summed E-state index contributed by atoms with van der Waals surface area (Å²) in [6.45, 7) is 9.06. The zero-order valence-corrected chi connectivity index (χ0v) is 12.2. The van der Waals surface area contributed by atoms with Crippen LogP contribution >= 0.6 is 11.8 Å². The van der Waals surface area contributed by atoms with Gasteiger partial charge in [-0.25, -0.2) is 0 Å². The second kappa shape index (κ2) is 10.2. The van der Waals surface area contributed by atoms with Crippen LogP contribution in [-0.2, 0) is 4.74 Å². The predicted octanol–water partition coefficient (Wildman–Crippen LogP) is 1.69. The van der Waals surface area contributed by atoms with E-state index in [1.165, 1.54) is 44.0 Å². The lowest BCUT2D eigenvalue weighted by molar-refractivity contribution is 0.171. The zero-order chi connectivity index (χ0) is 12.3. The topological polar surface area (TPSA) is 24.5 Å². The fourth-order valence-electron chi connectivity index (χ4n) is 2.34. The van der Waals surface area contributed by atoms with E-state index in [1.807, 2.05) is 0 Å². The zero-order valence-electron chi connectivity index (χ0n) is 11.4. The molecule has 0 radical (unpaired) electrons. The quantitative estimate of drug-likeness (QED) is 0.638. The van der Waals surface area contributed by atoms with Gasteiger partial charge in [0.2, 0.25) is 0 Å². The maximum Gasteiger partial charge on any atom is 0.0587 e. The first-order valence-corrected chi connectivity index (χ1v) is 8.02. The Balaban J connectivity index is 2.06. The van der Waals surface area contributed by atoms with Gasteiger partial charge >= 0.3 is 0 Å². The largest absolute Gasteiger partial charge is 0.383 e. The Morgan fingerprint density at radius 2 is 2.35 bits per heavy atom. The van der Waals surface area contributed by atoms with E-state index in [0.717, 1.165) is 25.6 Å². The Morgan fingerprint density at radius 1 is 1.47 bits per heavy atom. The lowest BCUT2D eigenvalue weighted by atomic mass is 9.98. The highest BCUT2D eigenvalue weighted by Gasteiger charge is 2.18. The molecule has 0 aromatic rings. The molecule has 0 amide bonds. The lowest BCUT2D eigenvalue weighted by Crippen LogP contribution is -2.41. The Kier molecular flexibility index (Phi) is 9.16. The summed E-state index contributed by atoms with van der Waals surface area (Å²) < 4.78 is 5.04. The molecule has 3 nitrogen and oxygen atoms in total. The van der Waals surface area contributed by atoms with E-state index in [1.54, 1.807) is 7.11 Å². The molecule has 1 atom stereocenters. The van der Waals surface area contributed by atoms with E-state index in [9.17, 15) is 0 Å². The van der Waals surface area contributed by atoms with Gasteiger partial charge in [0.25, 0.3) is 0 Å². The summed E-state index contributed by atoms with van der Waals surface area (Å²) in [6.07, 6.45) is 2.75. The van der Waals surface area contributed by atoms with Crippen molar-refractivity contribution in [2.75, 3.05) is 57.9 Å². The van der Waals surface area contributed by atoms with E-state index in [2.05, 4.69) is 28.9 Å². The molecule has 1 rings (SSSR count). The minimum absolute atomic E-state index is 0.823. The van der Waals surface area contributed by atoms with Crippen molar-refractivity contribution in [3.63, 3.8) is 0 Å². The van der Waals surface area contributed by atoms with Gasteiger partial charge < -0.3 is 15.0 Å². The molecule has 1 heterocycles. The number of nitrogens with one attached hydrogen (secondary N) is 1. The van der Waals surface area contributed by atoms with Crippen molar-refractivity contribution in [3.05, 3.63) is 0 Å². The molecular weight excluding hydrogens is 232 g/mol. The van der Waals surface area contributed by atoms with Crippen LogP contribution in [-0.4, -0.2) is 62.8 Å². The second-order valence-electron chi connectivity index (χ2n) is 4.70. The molecule has 0 aliphatic carbocycles. The first-order chi connectivity index (χ1) is 8.36. The van der Waals surface area contributed by atoms with Crippen molar-refractivity contribution >= 4 is 11.8 Å². The predicted molar refractivity (Wildman–Crippen MR) is 76.9 cm³/mol. The van der Waals surface area contributed by atoms with Gasteiger partial charge in [-0.05, 0) is 37.6 Å². The van der Waals surface area contributed by atoms with Crippen LogP contribution in [0.1, 0.15) is 19.8 Å². The molecule has 1 aliphatic rings. The van der Waals surface area contributed by atoms with Crippen LogP contribution in [0.2, 0.25) is 0 Å². The summed E-state index contributed by atoms with van der Waals surface area (Å²) >= 11 is 2.05. The average molecular weight is 260 g/mol. The van der Waals surface area contributed by atoms with Gasteiger partial charge in [0.05, 0.1) is 6.61 Å². The Hall–Kier alpha value is 0.230. The van der Waals surface area contributed by atoms with Crippen molar-refractivity contribution in [1.29, 1.82) is 0 Å². The van der Waals surface area contributed by atoms with Gasteiger partial charge in [0.1, 0.15) is 0 Å². The number of likely N-dealkylation sites (tertiary alicyclic amines) is 1. The first kappa shape index (κ1) is 15.3. The molecule has 1 unspecified atom stereocenters. The summed E-state index contributed by atoms with van der Waals surface area (Å²) in [4.78, 5) is 2.63. The maximum absolute atomic E-state index is 5.04. The SMILES string of the molecule is CCSCCN1CCCC(CNCCOC)C1. The first-order valence-electron chi connectivity index (χ1n) is 6.86. The molecule has 0 bridgehead atoms.